The molecule has 0 aliphatic heterocycles. The Bertz CT molecular complexity index is 557. The number of anilines is 2. The van der Waals surface area contributed by atoms with Gasteiger partial charge in [-0.2, -0.15) is 0 Å². The van der Waals surface area contributed by atoms with E-state index in [0.29, 0.717) is 17.8 Å². The normalized spacial score (nSPS) is 12.7. The molecule has 0 aliphatic rings. The van der Waals surface area contributed by atoms with Crippen LogP contribution < -0.4 is 15.8 Å². The summed E-state index contributed by atoms with van der Waals surface area (Å²) in [5, 5.41) is 2.62. The van der Waals surface area contributed by atoms with Crippen LogP contribution in [0.5, 0.6) is 0 Å². The van der Waals surface area contributed by atoms with Gasteiger partial charge in [0.05, 0.1) is 12.4 Å². The fraction of sp³-hybridized carbons (Fsp3) is 0.462. The number of methoxy groups -OCH3 is 1. The molecule has 21 heavy (non-hydrogen) atoms. The lowest BCUT2D eigenvalue weighted by Gasteiger charge is -2.12. The van der Waals surface area contributed by atoms with Crippen molar-refractivity contribution >= 4 is 27.3 Å². The maximum absolute atomic E-state index is 11.7. The predicted molar refractivity (Wildman–Crippen MR) is 82.6 cm³/mol. The monoisotopic (exact) mass is 315 g/mol. The molecule has 0 heterocycles. The molecule has 118 valence electrons. The quantitative estimate of drug-likeness (QED) is 0.655. The molecule has 0 spiro atoms. The summed E-state index contributed by atoms with van der Waals surface area (Å²) in [7, 11) is -1.85. The first-order valence-corrected chi connectivity index (χ1v) is 8.19. The fourth-order valence-electron chi connectivity index (χ4n) is 1.61. The van der Waals surface area contributed by atoms with Crippen LogP contribution in [0.3, 0.4) is 0 Å². The number of hydrogen-bond donors (Lipinski definition) is 3. The fourth-order valence-corrected chi connectivity index (χ4v) is 2.75. The number of nitrogens with two attached hydrogens (primary N) is 1. The Hall–Kier alpha value is -1.64. The predicted octanol–water partition coefficient (Wildman–Crippen LogP) is 0.750. The Balaban J connectivity index is 2.64. The number of sulfonamides is 1. The van der Waals surface area contributed by atoms with Crippen molar-refractivity contribution in [2.75, 3.05) is 29.5 Å². The molecule has 0 saturated heterocycles. The van der Waals surface area contributed by atoms with E-state index in [0.717, 1.165) is 0 Å². The molecule has 0 aromatic heterocycles. The zero-order valence-corrected chi connectivity index (χ0v) is 12.9. The van der Waals surface area contributed by atoms with Crippen LogP contribution in [0.1, 0.15) is 13.3 Å². The Morgan fingerprint density at radius 2 is 1.86 bits per heavy atom. The third-order valence-electron chi connectivity index (χ3n) is 2.58. The summed E-state index contributed by atoms with van der Waals surface area (Å²) in [6.07, 6.45) is 0.543. The number of hydrogen-bond acceptors (Lipinski definition) is 5. The van der Waals surface area contributed by atoms with Crippen LogP contribution in [0.2, 0.25) is 0 Å². The van der Waals surface area contributed by atoms with Crippen molar-refractivity contribution in [3.8, 4) is 0 Å². The summed E-state index contributed by atoms with van der Waals surface area (Å²) in [5.41, 5.74) is 6.57. The number of benzene rings is 1. The molecule has 8 heteroatoms. The molecular formula is C13H21N3O4S. The second kappa shape index (κ2) is 7.96. The van der Waals surface area contributed by atoms with Crippen LogP contribution in [0, 0.1) is 0 Å². The molecule has 1 amide bonds. The van der Waals surface area contributed by atoms with Crippen LogP contribution in [0.25, 0.3) is 0 Å². The zero-order valence-electron chi connectivity index (χ0n) is 12.1. The van der Waals surface area contributed by atoms with E-state index in [4.69, 9.17) is 10.5 Å². The van der Waals surface area contributed by atoms with E-state index in [1.807, 2.05) is 0 Å². The van der Waals surface area contributed by atoms with Crippen molar-refractivity contribution in [3.63, 3.8) is 0 Å². The summed E-state index contributed by atoms with van der Waals surface area (Å²) in [6.45, 7) is 1.92. The van der Waals surface area contributed by atoms with Gasteiger partial charge in [-0.05, 0) is 30.7 Å². The first-order valence-electron chi connectivity index (χ1n) is 6.54. The number of carbonyl (C=O) groups is 1. The van der Waals surface area contributed by atoms with E-state index in [9.17, 15) is 13.2 Å². The number of nitrogens with one attached hydrogen (secondary N) is 2. The Labute approximate surface area is 124 Å². The molecule has 0 bridgehead atoms. The molecule has 1 atom stereocenters. The second-order valence-electron chi connectivity index (χ2n) is 4.55. The topological polar surface area (TPSA) is 111 Å². The summed E-state index contributed by atoms with van der Waals surface area (Å²) in [4.78, 5) is 11.7. The molecule has 4 N–H and O–H groups in total. The lowest BCUT2D eigenvalue weighted by Crippen LogP contribution is -2.39. The largest absolute Gasteiger partial charge is 0.383 e. The highest BCUT2D eigenvalue weighted by Crippen LogP contribution is 2.15. The highest BCUT2D eigenvalue weighted by Gasteiger charge is 2.13. The number of rotatable bonds is 8. The highest BCUT2D eigenvalue weighted by molar-refractivity contribution is 7.92. The molecule has 0 fully saturated rings. The summed E-state index contributed by atoms with van der Waals surface area (Å²) < 4.78 is 30.5. The van der Waals surface area contributed by atoms with Gasteiger partial charge in [-0.25, -0.2) is 8.42 Å². The minimum Gasteiger partial charge on any atom is -0.383 e. The Morgan fingerprint density at radius 1 is 1.29 bits per heavy atom. The molecule has 1 rings (SSSR count). The second-order valence-corrected chi connectivity index (χ2v) is 6.39. The summed E-state index contributed by atoms with van der Waals surface area (Å²) >= 11 is 0. The molecule has 0 saturated carbocycles. The van der Waals surface area contributed by atoms with Crippen LogP contribution in [0.15, 0.2) is 24.3 Å². The zero-order chi connectivity index (χ0) is 15.9. The van der Waals surface area contributed by atoms with E-state index in [2.05, 4.69) is 10.0 Å². The molecule has 7 nitrogen and oxygen atoms in total. The summed E-state index contributed by atoms with van der Waals surface area (Å²) in [6, 6.07) is 5.59. The van der Waals surface area contributed by atoms with Gasteiger partial charge in [-0.15, -0.1) is 0 Å². The number of amides is 1. The maximum atomic E-state index is 11.7. The number of ether oxygens (including phenoxy) is 1. The third kappa shape index (κ3) is 6.11. The van der Waals surface area contributed by atoms with Crippen molar-refractivity contribution in [1.82, 2.24) is 0 Å². The van der Waals surface area contributed by atoms with Crippen molar-refractivity contribution in [2.45, 2.75) is 19.4 Å². The lowest BCUT2D eigenvalue weighted by atomic mass is 10.2. The lowest BCUT2D eigenvalue weighted by molar-refractivity contribution is -0.118. The van der Waals surface area contributed by atoms with Gasteiger partial charge in [0, 0.05) is 18.5 Å². The Morgan fingerprint density at radius 3 is 2.38 bits per heavy atom. The molecular weight excluding hydrogens is 294 g/mol. The third-order valence-corrected chi connectivity index (χ3v) is 4.07. The van der Waals surface area contributed by atoms with Crippen LogP contribution in [0.4, 0.5) is 11.4 Å². The molecule has 1 aromatic rings. The smallest absolute Gasteiger partial charge is 0.243 e. The van der Waals surface area contributed by atoms with Crippen LogP contribution in [-0.2, 0) is 19.6 Å². The average molecular weight is 315 g/mol. The van der Waals surface area contributed by atoms with E-state index < -0.39 is 16.1 Å². The Kier molecular flexibility index (Phi) is 6.60. The first kappa shape index (κ1) is 17.4. The van der Waals surface area contributed by atoms with Gasteiger partial charge in [-0.3, -0.25) is 9.52 Å². The van der Waals surface area contributed by atoms with Crippen molar-refractivity contribution in [1.29, 1.82) is 0 Å². The van der Waals surface area contributed by atoms with Gasteiger partial charge in [-0.1, -0.05) is 6.92 Å². The number of carbonyl (C=O) groups excluding carboxylic acids is 1. The van der Waals surface area contributed by atoms with Crippen molar-refractivity contribution < 1.29 is 17.9 Å². The molecule has 1 aromatic carbocycles. The van der Waals surface area contributed by atoms with Gasteiger partial charge in [0.25, 0.3) is 0 Å². The minimum absolute atomic E-state index is 0.0668. The van der Waals surface area contributed by atoms with Crippen LogP contribution in [-0.4, -0.2) is 39.8 Å². The van der Waals surface area contributed by atoms with Gasteiger partial charge < -0.3 is 15.8 Å². The standard InChI is InChI=1S/C13H21N3O4S/c1-3-8-21(18,19)16-11-6-4-10(5-7-11)15-13(17)12(14)9-20-2/h4-7,12,16H,3,8-9,14H2,1-2H3,(H,15,17). The SMILES string of the molecule is CCCS(=O)(=O)Nc1ccc(NC(=O)C(N)COC)cc1. The van der Waals surface area contributed by atoms with E-state index in [1.54, 1.807) is 31.2 Å². The van der Waals surface area contributed by atoms with E-state index >= 15 is 0 Å². The van der Waals surface area contributed by atoms with Gasteiger partial charge in [0.15, 0.2) is 0 Å². The maximum Gasteiger partial charge on any atom is 0.243 e. The van der Waals surface area contributed by atoms with Crippen LogP contribution >= 0.6 is 0 Å². The van der Waals surface area contributed by atoms with Gasteiger partial charge in [0.1, 0.15) is 6.04 Å². The van der Waals surface area contributed by atoms with E-state index in [1.165, 1.54) is 7.11 Å². The molecule has 1 unspecified atom stereocenters. The average Bonchev–Trinajstić information content (AvgIpc) is 2.40. The van der Waals surface area contributed by atoms with Crippen molar-refractivity contribution in [2.24, 2.45) is 5.73 Å². The van der Waals surface area contributed by atoms with Gasteiger partial charge in [0.2, 0.25) is 15.9 Å². The highest BCUT2D eigenvalue weighted by atomic mass is 32.2. The summed E-state index contributed by atoms with van der Waals surface area (Å²) in [5.74, 6) is -0.298. The van der Waals surface area contributed by atoms with Gasteiger partial charge >= 0.3 is 0 Å². The minimum atomic E-state index is -3.32. The molecule has 0 aliphatic carbocycles. The van der Waals surface area contributed by atoms with Crippen molar-refractivity contribution in [3.05, 3.63) is 24.3 Å². The first-order chi connectivity index (χ1) is 9.88. The molecule has 0 radical (unpaired) electrons. The van der Waals surface area contributed by atoms with E-state index in [-0.39, 0.29) is 18.3 Å².